The Morgan fingerprint density at radius 1 is 1.22 bits per heavy atom. The van der Waals surface area contributed by atoms with Crippen LogP contribution in [0.15, 0.2) is 48.5 Å². The fourth-order valence-corrected chi connectivity index (χ4v) is 3.59. The fourth-order valence-electron chi connectivity index (χ4n) is 3.46. The van der Waals surface area contributed by atoms with Crippen LogP contribution in [0.2, 0.25) is 5.02 Å². The Labute approximate surface area is 163 Å². The van der Waals surface area contributed by atoms with Crippen LogP contribution >= 0.6 is 11.6 Å². The van der Waals surface area contributed by atoms with Crippen LogP contribution in [-0.2, 0) is 22.5 Å². The first-order valence-corrected chi connectivity index (χ1v) is 9.66. The predicted molar refractivity (Wildman–Crippen MR) is 106 cm³/mol. The smallest absolute Gasteiger partial charge is 0.249 e. The largest absolute Gasteiger partial charge is 0.368 e. The number of carbonyl (C=O) groups excluding carboxylic acids is 1. The normalized spacial score (nSPS) is 16.7. The van der Waals surface area contributed by atoms with Crippen molar-refractivity contribution in [2.24, 2.45) is 0 Å². The minimum absolute atomic E-state index is 0.0205. The first-order chi connectivity index (χ1) is 13.2. The fraction of sp³-hybridized carbons (Fsp3) is 0.333. The molecule has 1 fully saturated rings. The molecule has 1 aliphatic heterocycles. The third kappa shape index (κ3) is 4.15. The van der Waals surface area contributed by atoms with Crippen molar-refractivity contribution in [2.75, 3.05) is 13.2 Å². The van der Waals surface area contributed by atoms with E-state index in [2.05, 4.69) is 16.0 Å². The molecule has 1 N–H and O–H groups in total. The standard InChI is InChI=1S/C21H22ClN3O2/c22-16-9-7-15(8-10-16)14-25-18-5-2-1-4-17(18)24-20(25)11-12-23-21(26)19-6-3-13-27-19/h1-2,4-5,7-10,19H,3,6,11-14H2,(H,23,26). The Morgan fingerprint density at radius 3 is 2.81 bits per heavy atom. The molecule has 2 aromatic carbocycles. The van der Waals surface area contributed by atoms with Gasteiger partial charge in [0.1, 0.15) is 11.9 Å². The summed E-state index contributed by atoms with van der Waals surface area (Å²) in [6.07, 6.45) is 2.13. The van der Waals surface area contributed by atoms with Crippen molar-refractivity contribution in [1.29, 1.82) is 0 Å². The minimum atomic E-state index is -0.294. The van der Waals surface area contributed by atoms with Crippen LogP contribution in [-0.4, -0.2) is 34.7 Å². The van der Waals surface area contributed by atoms with Crippen LogP contribution in [0, 0.1) is 0 Å². The summed E-state index contributed by atoms with van der Waals surface area (Å²) in [5.41, 5.74) is 3.21. The predicted octanol–water partition coefficient (Wildman–Crippen LogP) is 3.58. The van der Waals surface area contributed by atoms with Crippen molar-refractivity contribution in [2.45, 2.75) is 31.9 Å². The van der Waals surface area contributed by atoms with Crippen LogP contribution < -0.4 is 5.32 Å². The number of fused-ring (bicyclic) bond motifs is 1. The number of amides is 1. The summed E-state index contributed by atoms with van der Waals surface area (Å²) in [4.78, 5) is 16.9. The van der Waals surface area contributed by atoms with Crippen LogP contribution in [0.25, 0.3) is 11.0 Å². The zero-order chi connectivity index (χ0) is 18.6. The number of para-hydroxylation sites is 2. The topological polar surface area (TPSA) is 56.2 Å². The molecule has 0 bridgehead atoms. The summed E-state index contributed by atoms with van der Waals surface area (Å²) < 4.78 is 7.64. The Hall–Kier alpha value is -2.37. The van der Waals surface area contributed by atoms with Gasteiger partial charge in [-0.25, -0.2) is 4.98 Å². The van der Waals surface area contributed by atoms with Gasteiger partial charge in [0.25, 0.3) is 0 Å². The van der Waals surface area contributed by atoms with Crippen LogP contribution in [0.3, 0.4) is 0 Å². The molecule has 0 radical (unpaired) electrons. The van der Waals surface area contributed by atoms with E-state index in [1.165, 1.54) is 0 Å². The molecule has 1 saturated heterocycles. The van der Waals surface area contributed by atoms with E-state index in [9.17, 15) is 4.79 Å². The van der Waals surface area contributed by atoms with Gasteiger partial charge in [-0.2, -0.15) is 0 Å². The lowest BCUT2D eigenvalue weighted by Gasteiger charge is -2.12. The van der Waals surface area contributed by atoms with E-state index in [4.69, 9.17) is 21.3 Å². The van der Waals surface area contributed by atoms with Gasteiger partial charge in [0, 0.05) is 31.1 Å². The molecule has 1 amide bonds. The van der Waals surface area contributed by atoms with E-state index in [0.29, 0.717) is 26.1 Å². The van der Waals surface area contributed by atoms with E-state index in [0.717, 1.165) is 40.3 Å². The van der Waals surface area contributed by atoms with Crippen molar-refractivity contribution in [3.8, 4) is 0 Å². The van der Waals surface area contributed by atoms with Gasteiger partial charge in [-0.1, -0.05) is 35.9 Å². The maximum atomic E-state index is 12.1. The highest BCUT2D eigenvalue weighted by molar-refractivity contribution is 6.30. The molecule has 5 nitrogen and oxygen atoms in total. The summed E-state index contributed by atoms with van der Waals surface area (Å²) >= 11 is 6.00. The minimum Gasteiger partial charge on any atom is -0.368 e. The Kier molecular flexibility index (Phi) is 5.41. The van der Waals surface area contributed by atoms with E-state index in [-0.39, 0.29) is 12.0 Å². The number of nitrogens with one attached hydrogen (secondary N) is 1. The summed E-state index contributed by atoms with van der Waals surface area (Å²) in [5.74, 6) is 0.937. The molecular weight excluding hydrogens is 362 g/mol. The molecule has 1 aliphatic rings. The molecule has 140 valence electrons. The molecular formula is C21H22ClN3O2. The zero-order valence-electron chi connectivity index (χ0n) is 15.0. The Bertz CT molecular complexity index is 930. The second-order valence-electron chi connectivity index (χ2n) is 6.77. The van der Waals surface area contributed by atoms with Crippen LogP contribution in [0.5, 0.6) is 0 Å². The molecule has 3 aromatic rings. The number of rotatable bonds is 6. The van der Waals surface area contributed by atoms with E-state index < -0.39 is 0 Å². The van der Waals surface area contributed by atoms with Crippen molar-refractivity contribution in [3.05, 3.63) is 64.9 Å². The molecule has 27 heavy (non-hydrogen) atoms. The molecule has 6 heteroatoms. The van der Waals surface area contributed by atoms with Gasteiger partial charge in [-0.05, 0) is 42.7 Å². The van der Waals surface area contributed by atoms with Crippen molar-refractivity contribution in [1.82, 2.24) is 14.9 Å². The highest BCUT2D eigenvalue weighted by Gasteiger charge is 2.23. The Balaban J connectivity index is 1.50. The first kappa shape index (κ1) is 18.0. The number of ether oxygens (including phenoxy) is 1. The van der Waals surface area contributed by atoms with Gasteiger partial charge >= 0.3 is 0 Å². The van der Waals surface area contributed by atoms with Gasteiger partial charge in [0.05, 0.1) is 11.0 Å². The second-order valence-corrected chi connectivity index (χ2v) is 7.21. The highest BCUT2D eigenvalue weighted by atomic mass is 35.5. The van der Waals surface area contributed by atoms with Gasteiger partial charge in [-0.3, -0.25) is 4.79 Å². The summed E-state index contributed by atoms with van der Waals surface area (Å²) in [6.45, 7) is 1.93. The van der Waals surface area contributed by atoms with Crippen LogP contribution in [0.4, 0.5) is 0 Å². The molecule has 0 spiro atoms. The van der Waals surface area contributed by atoms with Crippen molar-refractivity contribution in [3.63, 3.8) is 0 Å². The molecule has 1 unspecified atom stereocenters. The SMILES string of the molecule is O=C(NCCc1nc2ccccc2n1Cc1ccc(Cl)cc1)C1CCCO1. The van der Waals surface area contributed by atoms with Gasteiger partial charge < -0.3 is 14.6 Å². The lowest BCUT2D eigenvalue weighted by Crippen LogP contribution is -2.35. The lowest BCUT2D eigenvalue weighted by atomic mass is 10.2. The highest BCUT2D eigenvalue weighted by Crippen LogP contribution is 2.19. The average Bonchev–Trinajstić information content (AvgIpc) is 3.33. The average molecular weight is 384 g/mol. The lowest BCUT2D eigenvalue weighted by molar-refractivity contribution is -0.130. The number of nitrogens with zero attached hydrogens (tertiary/aromatic N) is 2. The second kappa shape index (κ2) is 8.11. The first-order valence-electron chi connectivity index (χ1n) is 9.28. The van der Waals surface area contributed by atoms with Gasteiger partial charge in [-0.15, -0.1) is 0 Å². The molecule has 4 rings (SSSR count). The molecule has 0 aliphatic carbocycles. The number of carbonyl (C=O) groups is 1. The van der Waals surface area contributed by atoms with Gasteiger partial charge in [0.2, 0.25) is 5.91 Å². The molecule has 1 atom stereocenters. The number of halogens is 1. The van der Waals surface area contributed by atoms with Crippen molar-refractivity contribution >= 4 is 28.5 Å². The van der Waals surface area contributed by atoms with Gasteiger partial charge in [0.15, 0.2) is 0 Å². The molecule has 0 saturated carbocycles. The Morgan fingerprint density at radius 2 is 2.04 bits per heavy atom. The van der Waals surface area contributed by atoms with E-state index >= 15 is 0 Å². The number of aromatic nitrogens is 2. The maximum Gasteiger partial charge on any atom is 0.249 e. The number of hydrogen-bond acceptors (Lipinski definition) is 3. The summed E-state index contributed by atoms with van der Waals surface area (Å²) in [6, 6.07) is 16.0. The number of imidazole rings is 1. The van der Waals surface area contributed by atoms with E-state index in [1.807, 2.05) is 42.5 Å². The van der Waals surface area contributed by atoms with E-state index in [1.54, 1.807) is 0 Å². The third-order valence-electron chi connectivity index (χ3n) is 4.86. The summed E-state index contributed by atoms with van der Waals surface area (Å²) in [5, 5.41) is 3.71. The third-order valence-corrected chi connectivity index (χ3v) is 5.11. The number of hydrogen-bond donors (Lipinski definition) is 1. The zero-order valence-corrected chi connectivity index (χ0v) is 15.8. The molecule has 2 heterocycles. The number of benzene rings is 2. The molecule has 1 aromatic heterocycles. The monoisotopic (exact) mass is 383 g/mol. The maximum absolute atomic E-state index is 12.1. The quantitative estimate of drug-likeness (QED) is 0.707. The van der Waals surface area contributed by atoms with Crippen LogP contribution in [0.1, 0.15) is 24.2 Å². The van der Waals surface area contributed by atoms with Crippen molar-refractivity contribution < 1.29 is 9.53 Å². The summed E-state index contributed by atoms with van der Waals surface area (Å²) in [7, 11) is 0.